The number of hydrogen-bond acceptors (Lipinski definition) is 7. The van der Waals surface area contributed by atoms with Crippen molar-refractivity contribution in [3.05, 3.63) is 47.2 Å². The fourth-order valence-electron chi connectivity index (χ4n) is 3.82. The summed E-state index contributed by atoms with van der Waals surface area (Å²) in [4.78, 5) is 26.3. The second-order valence-electron chi connectivity index (χ2n) is 9.88. The van der Waals surface area contributed by atoms with Gasteiger partial charge in [0.1, 0.15) is 29.3 Å². The summed E-state index contributed by atoms with van der Waals surface area (Å²) in [7, 11) is 0. The molecule has 0 bridgehead atoms. The first-order chi connectivity index (χ1) is 16.2. The summed E-state index contributed by atoms with van der Waals surface area (Å²) in [6.07, 6.45) is -2.25. The van der Waals surface area contributed by atoms with Gasteiger partial charge in [0, 0.05) is 36.8 Å². The van der Waals surface area contributed by atoms with Crippen LogP contribution in [0, 0.1) is 6.92 Å². The fraction of sp³-hybridized carbons (Fsp3) is 0.583. The molecule has 1 N–H and O–H groups in total. The van der Waals surface area contributed by atoms with Crippen molar-refractivity contribution in [1.29, 1.82) is 0 Å². The average Bonchev–Trinajstić information content (AvgIpc) is 2.76. The molecule has 1 aliphatic heterocycles. The van der Waals surface area contributed by atoms with E-state index in [9.17, 15) is 23.1 Å². The number of alkyl halides is 3. The van der Waals surface area contributed by atoms with Crippen LogP contribution in [0.3, 0.4) is 0 Å². The van der Waals surface area contributed by atoms with Gasteiger partial charge in [0.05, 0.1) is 5.69 Å². The van der Waals surface area contributed by atoms with Crippen LogP contribution >= 0.6 is 0 Å². The van der Waals surface area contributed by atoms with Crippen LogP contribution < -0.4 is 4.74 Å². The maximum atomic E-state index is 12.9. The maximum absolute atomic E-state index is 12.9. The molecule has 35 heavy (non-hydrogen) atoms. The summed E-state index contributed by atoms with van der Waals surface area (Å²) < 4.78 is 49.7. The van der Waals surface area contributed by atoms with E-state index in [0.717, 1.165) is 6.07 Å². The van der Waals surface area contributed by atoms with Gasteiger partial charge in [-0.15, -0.1) is 0 Å². The van der Waals surface area contributed by atoms with Crippen molar-refractivity contribution >= 4 is 6.09 Å². The van der Waals surface area contributed by atoms with Crippen molar-refractivity contribution in [1.82, 2.24) is 19.9 Å². The quantitative estimate of drug-likeness (QED) is 0.646. The zero-order valence-corrected chi connectivity index (χ0v) is 20.5. The van der Waals surface area contributed by atoms with E-state index in [1.54, 1.807) is 11.8 Å². The predicted molar refractivity (Wildman–Crippen MR) is 121 cm³/mol. The number of nitrogens with zero attached hydrogens (tertiary/aromatic N) is 4. The third-order valence-corrected chi connectivity index (χ3v) is 5.57. The molecule has 0 spiro atoms. The van der Waals surface area contributed by atoms with E-state index in [0.29, 0.717) is 43.0 Å². The lowest BCUT2D eigenvalue weighted by Gasteiger charge is -2.35. The van der Waals surface area contributed by atoms with Crippen molar-refractivity contribution in [2.45, 2.75) is 70.8 Å². The van der Waals surface area contributed by atoms with E-state index in [1.807, 2.05) is 20.8 Å². The number of aliphatic hydroxyl groups is 1. The second kappa shape index (κ2) is 9.96. The Hall–Kier alpha value is -2.95. The molecule has 2 aromatic rings. The van der Waals surface area contributed by atoms with E-state index in [1.165, 1.54) is 25.3 Å². The molecule has 11 heteroatoms. The number of aryl methyl sites for hydroxylation is 1. The molecule has 8 nitrogen and oxygen atoms in total. The Morgan fingerprint density at radius 2 is 1.80 bits per heavy atom. The summed E-state index contributed by atoms with van der Waals surface area (Å²) in [6, 6.07) is 3.34. The molecule has 1 aliphatic rings. The number of carbonyl (C=O) groups is 1. The molecular weight excluding hydrogens is 465 g/mol. The molecule has 0 aliphatic carbocycles. The predicted octanol–water partition coefficient (Wildman–Crippen LogP) is 4.60. The average molecular weight is 497 g/mol. The number of piperidine rings is 1. The number of likely N-dealkylation sites (tertiary alicyclic amines) is 1. The highest BCUT2D eigenvalue weighted by Crippen LogP contribution is 2.35. The van der Waals surface area contributed by atoms with E-state index in [-0.39, 0.29) is 24.5 Å². The zero-order valence-electron chi connectivity index (χ0n) is 20.5. The molecule has 0 radical (unpaired) electrons. The SMILES string of the molecule is Cc1ncc(C(C)(O)COc2cccc(C(F)(F)F)n2)c(C2CCN(C(=O)OC(C)(C)C)CC2)n1. The van der Waals surface area contributed by atoms with Crippen molar-refractivity contribution in [2.75, 3.05) is 19.7 Å². The Morgan fingerprint density at radius 1 is 1.14 bits per heavy atom. The lowest BCUT2D eigenvalue weighted by Crippen LogP contribution is -2.42. The molecule has 1 amide bonds. The second-order valence-corrected chi connectivity index (χ2v) is 9.88. The van der Waals surface area contributed by atoms with Crippen molar-refractivity contribution in [2.24, 2.45) is 0 Å². The fourth-order valence-corrected chi connectivity index (χ4v) is 3.82. The van der Waals surface area contributed by atoms with Gasteiger partial charge in [-0.1, -0.05) is 6.07 Å². The van der Waals surface area contributed by atoms with Crippen LogP contribution in [0.15, 0.2) is 24.4 Å². The highest BCUT2D eigenvalue weighted by molar-refractivity contribution is 5.68. The van der Waals surface area contributed by atoms with E-state index >= 15 is 0 Å². The summed E-state index contributed by atoms with van der Waals surface area (Å²) in [5.74, 6) is 0.221. The Balaban J connectivity index is 1.74. The maximum Gasteiger partial charge on any atom is 0.433 e. The van der Waals surface area contributed by atoms with Gasteiger partial charge >= 0.3 is 12.3 Å². The Labute approximate surface area is 202 Å². The number of rotatable bonds is 5. The number of amides is 1. The van der Waals surface area contributed by atoms with E-state index in [4.69, 9.17) is 9.47 Å². The molecule has 1 atom stereocenters. The van der Waals surface area contributed by atoms with Gasteiger partial charge in [-0.2, -0.15) is 13.2 Å². The standard InChI is InChI=1S/C24H31F3N4O4/c1-15-28-13-17(23(5,33)14-34-19-8-6-7-18(30-19)24(25,26)27)20(29-15)16-9-11-31(12-10-16)21(32)35-22(2,3)4/h6-8,13,16,33H,9-12,14H2,1-5H3. The van der Waals surface area contributed by atoms with Gasteiger partial charge in [0.15, 0.2) is 0 Å². The topological polar surface area (TPSA) is 97.7 Å². The van der Waals surface area contributed by atoms with Crippen molar-refractivity contribution < 1.29 is 32.5 Å². The molecule has 1 unspecified atom stereocenters. The summed E-state index contributed by atoms with van der Waals surface area (Å²) >= 11 is 0. The van der Waals surface area contributed by atoms with Crippen LogP contribution in [0.1, 0.15) is 69.2 Å². The summed E-state index contributed by atoms with van der Waals surface area (Å²) in [5, 5.41) is 11.2. The molecular formula is C24H31F3N4O4. The molecule has 2 aromatic heterocycles. The number of halogens is 3. The lowest BCUT2D eigenvalue weighted by atomic mass is 9.86. The van der Waals surface area contributed by atoms with Crippen LogP contribution in [-0.2, 0) is 16.5 Å². The molecule has 192 valence electrons. The van der Waals surface area contributed by atoms with Crippen molar-refractivity contribution in [3.63, 3.8) is 0 Å². The monoisotopic (exact) mass is 496 g/mol. The van der Waals surface area contributed by atoms with Gasteiger partial charge in [-0.25, -0.2) is 19.7 Å². The number of ether oxygens (including phenoxy) is 2. The highest BCUT2D eigenvalue weighted by atomic mass is 19.4. The minimum absolute atomic E-state index is 0.0523. The van der Waals surface area contributed by atoms with Gasteiger partial charge < -0.3 is 19.5 Å². The minimum Gasteiger partial charge on any atom is -0.474 e. The largest absolute Gasteiger partial charge is 0.474 e. The van der Waals surface area contributed by atoms with Gasteiger partial charge in [-0.3, -0.25) is 0 Å². The van der Waals surface area contributed by atoms with Crippen LogP contribution in [-0.4, -0.2) is 56.3 Å². The number of carbonyl (C=O) groups excluding carboxylic acids is 1. The third-order valence-electron chi connectivity index (χ3n) is 5.57. The van der Waals surface area contributed by atoms with Crippen LogP contribution in [0.4, 0.5) is 18.0 Å². The van der Waals surface area contributed by atoms with Gasteiger partial charge in [0.2, 0.25) is 5.88 Å². The first-order valence-electron chi connectivity index (χ1n) is 11.4. The smallest absolute Gasteiger partial charge is 0.433 e. The number of aromatic nitrogens is 3. The first kappa shape index (κ1) is 26.7. The van der Waals surface area contributed by atoms with Gasteiger partial charge in [-0.05, 0) is 53.5 Å². The Kier molecular flexibility index (Phi) is 7.59. The summed E-state index contributed by atoms with van der Waals surface area (Å²) in [5.41, 5.74) is -2.21. The molecule has 1 saturated heterocycles. The Morgan fingerprint density at radius 3 is 2.40 bits per heavy atom. The third kappa shape index (κ3) is 7.03. The molecule has 1 fully saturated rings. The minimum atomic E-state index is -4.60. The van der Waals surface area contributed by atoms with Crippen molar-refractivity contribution in [3.8, 4) is 5.88 Å². The summed E-state index contributed by atoms with van der Waals surface area (Å²) in [6.45, 7) is 9.25. The lowest BCUT2D eigenvalue weighted by molar-refractivity contribution is -0.141. The van der Waals surface area contributed by atoms with Crippen LogP contribution in [0.5, 0.6) is 5.88 Å². The van der Waals surface area contributed by atoms with Gasteiger partial charge in [0.25, 0.3) is 0 Å². The van der Waals surface area contributed by atoms with Crippen LogP contribution in [0.25, 0.3) is 0 Å². The normalized spacial score (nSPS) is 17.1. The number of hydrogen-bond donors (Lipinski definition) is 1. The highest BCUT2D eigenvalue weighted by Gasteiger charge is 2.36. The molecule has 3 rings (SSSR count). The van der Waals surface area contributed by atoms with Crippen LogP contribution in [0.2, 0.25) is 0 Å². The molecule has 0 aromatic carbocycles. The molecule has 3 heterocycles. The number of pyridine rings is 1. The molecule has 0 saturated carbocycles. The Bertz CT molecular complexity index is 1050. The zero-order chi connectivity index (χ0) is 26.0. The van der Waals surface area contributed by atoms with E-state index < -0.39 is 23.1 Å². The van der Waals surface area contributed by atoms with E-state index in [2.05, 4.69) is 15.0 Å². The first-order valence-corrected chi connectivity index (χ1v) is 11.4.